The number of carbonyl (C=O) groups is 1. The first kappa shape index (κ1) is 17.0. The van der Waals surface area contributed by atoms with Crippen molar-refractivity contribution < 1.29 is 4.79 Å². The Morgan fingerprint density at radius 2 is 1.85 bits per heavy atom. The Labute approximate surface area is 161 Å². The highest BCUT2D eigenvalue weighted by atomic mass is 79.9. The van der Waals surface area contributed by atoms with E-state index in [-0.39, 0.29) is 5.91 Å². The lowest BCUT2D eigenvalue weighted by atomic mass is 10.1. The first-order chi connectivity index (χ1) is 12.7. The van der Waals surface area contributed by atoms with E-state index >= 15 is 0 Å². The smallest absolute Gasteiger partial charge is 0.228 e. The molecular formula is C21H20BrN3O. The molecule has 0 spiro atoms. The Kier molecular flexibility index (Phi) is 4.89. The van der Waals surface area contributed by atoms with E-state index in [1.165, 1.54) is 18.5 Å². The van der Waals surface area contributed by atoms with Crippen LogP contribution in [0.25, 0.3) is 11.4 Å². The SMILES string of the molecule is O=C(Cc1ccc(Br)cc1)Nc1ccc(-c2ncc3n2CCCC3)cc1. The molecule has 0 aliphatic carbocycles. The van der Waals surface area contributed by atoms with E-state index in [0.29, 0.717) is 6.42 Å². The zero-order valence-corrected chi connectivity index (χ0v) is 16.0. The zero-order chi connectivity index (χ0) is 17.9. The summed E-state index contributed by atoms with van der Waals surface area (Å²) < 4.78 is 3.32. The quantitative estimate of drug-likeness (QED) is 0.670. The highest BCUT2D eigenvalue weighted by Crippen LogP contribution is 2.25. The van der Waals surface area contributed by atoms with Gasteiger partial charge in [0.15, 0.2) is 0 Å². The Bertz CT molecular complexity index is 913. The first-order valence-corrected chi connectivity index (χ1v) is 9.67. The molecule has 1 amide bonds. The molecule has 4 rings (SSSR count). The summed E-state index contributed by atoms with van der Waals surface area (Å²) in [7, 11) is 0. The molecule has 0 saturated carbocycles. The van der Waals surface area contributed by atoms with Gasteiger partial charge in [-0.2, -0.15) is 0 Å². The lowest BCUT2D eigenvalue weighted by molar-refractivity contribution is -0.115. The number of aromatic nitrogens is 2. The van der Waals surface area contributed by atoms with E-state index in [1.54, 1.807) is 0 Å². The molecule has 2 aromatic carbocycles. The number of aryl methyl sites for hydroxylation is 1. The van der Waals surface area contributed by atoms with Gasteiger partial charge in [-0.25, -0.2) is 4.98 Å². The van der Waals surface area contributed by atoms with Gasteiger partial charge in [0.2, 0.25) is 5.91 Å². The van der Waals surface area contributed by atoms with Gasteiger partial charge in [-0.15, -0.1) is 0 Å². The fourth-order valence-electron chi connectivity index (χ4n) is 3.36. The van der Waals surface area contributed by atoms with Crippen LogP contribution in [0.5, 0.6) is 0 Å². The summed E-state index contributed by atoms with van der Waals surface area (Å²) in [5.74, 6) is 1.01. The van der Waals surface area contributed by atoms with Crippen molar-refractivity contribution >= 4 is 27.5 Å². The summed E-state index contributed by atoms with van der Waals surface area (Å²) in [6.07, 6.45) is 5.91. The number of nitrogens with one attached hydrogen (secondary N) is 1. The van der Waals surface area contributed by atoms with Crippen LogP contribution in [0.2, 0.25) is 0 Å². The Morgan fingerprint density at radius 3 is 2.62 bits per heavy atom. The molecule has 1 aliphatic rings. The fraction of sp³-hybridized carbons (Fsp3) is 0.238. The van der Waals surface area contributed by atoms with Crippen molar-refractivity contribution in [2.24, 2.45) is 0 Å². The molecule has 0 fully saturated rings. The van der Waals surface area contributed by atoms with E-state index in [0.717, 1.165) is 40.1 Å². The molecule has 0 bridgehead atoms. The largest absolute Gasteiger partial charge is 0.328 e. The molecule has 3 aromatic rings. The molecular weight excluding hydrogens is 390 g/mol. The Balaban J connectivity index is 1.43. The number of nitrogens with zero attached hydrogens (tertiary/aromatic N) is 2. The third-order valence-corrected chi connectivity index (χ3v) is 5.24. The van der Waals surface area contributed by atoms with E-state index < -0.39 is 0 Å². The first-order valence-electron chi connectivity index (χ1n) is 8.88. The highest BCUT2D eigenvalue weighted by molar-refractivity contribution is 9.10. The lowest BCUT2D eigenvalue weighted by Crippen LogP contribution is -2.14. The van der Waals surface area contributed by atoms with E-state index in [2.05, 4.69) is 30.8 Å². The summed E-state index contributed by atoms with van der Waals surface area (Å²) in [4.78, 5) is 16.8. The van der Waals surface area contributed by atoms with Crippen molar-refractivity contribution in [1.82, 2.24) is 9.55 Å². The van der Waals surface area contributed by atoms with Crippen LogP contribution in [0.4, 0.5) is 5.69 Å². The van der Waals surface area contributed by atoms with Crippen molar-refractivity contribution in [3.8, 4) is 11.4 Å². The zero-order valence-electron chi connectivity index (χ0n) is 14.4. The van der Waals surface area contributed by atoms with Crippen LogP contribution in [-0.4, -0.2) is 15.5 Å². The molecule has 26 heavy (non-hydrogen) atoms. The number of fused-ring (bicyclic) bond motifs is 1. The van der Waals surface area contributed by atoms with Gasteiger partial charge in [0.1, 0.15) is 5.82 Å². The second-order valence-electron chi connectivity index (χ2n) is 6.61. The summed E-state index contributed by atoms with van der Waals surface area (Å²) in [5, 5.41) is 2.96. The molecule has 0 saturated heterocycles. The fourth-order valence-corrected chi connectivity index (χ4v) is 3.63. The van der Waals surface area contributed by atoms with E-state index in [9.17, 15) is 4.79 Å². The number of carbonyl (C=O) groups excluding carboxylic acids is 1. The van der Waals surface area contributed by atoms with Crippen LogP contribution >= 0.6 is 15.9 Å². The average Bonchev–Trinajstić information content (AvgIpc) is 3.08. The van der Waals surface area contributed by atoms with Crippen molar-refractivity contribution in [2.45, 2.75) is 32.2 Å². The number of halogens is 1. The molecule has 1 N–H and O–H groups in total. The molecule has 0 radical (unpaired) electrons. The summed E-state index contributed by atoms with van der Waals surface area (Å²) >= 11 is 3.40. The predicted molar refractivity (Wildman–Crippen MR) is 107 cm³/mol. The number of imidazole rings is 1. The van der Waals surface area contributed by atoms with Crippen molar-refractivity contribution in [3.05, 3.63) is 70.5 Å². The maximum absolute atomic E-state index is 12.2. The third kappa shape index (κ3) is 3.73. The van der Waals surface area contributed by atoms with Gasteiger partial charge in [-0.05, 0) is 61.2 Å². The van der Waals surface area contributed by atoms with E-state index in [4.69, 9.17) is 0 Å². The Morgan fingerprint density at radius 1 is 1.08 bits per heavy atom. The standard InChI is InChI=1S/C21H20BrN3O/c22-17-8-4-15(5-9-17)13-20(26)24-18-10-6-16(7-11-18)21-23-14-19-3-1-2-12-25(19)21/h4-11,14H,1-3,12-13H2,(H,24,26). The lowest BCUT2D eigenvalue weighted by Gasteiger charge is -2.16. The molecule has 1 aliphatic heterocycles. The summed E-state index contributed by atoms with van der Waals surface area (Å²) in [5.41, 5.74) is 4.20. The van der Waals surface area contributed by atoms with Crippen molar-refractivity contribution in [3.63, 3.8) is 0 Å². The summed E-state index contributed by atoms with van der Waals surface area (Å²) in [6.45, 7) is 1.04. The van der Waals surface area contributed by atoms with Gasteiger partial charge in [-0.3, -0.25) is 4.79 Å². The monoisotopic (exact) mass is 409 g/mol. The van der Waals surface area contributed by atoms with Gasteiger partial charge in [-0.1, -0.05) is 28.1 Å². The van der Waals surface area contributed by atoms with Crippen LogP contribution in [0, 0.1) is 0 Å². The number of benzene rings is 2. The average molecular weight is 410 g/mol. The molecule has 0 atom stereocenters. The second kappa shape index (κ2) is 7.46. The van der Waals surface area contributed by atoms with Crippen LogP contribution in [0.1, 0.15) is 24.1 Å². The maximum Gasteiger partial charge on any atom is 0.228 e. The number of amides is 1. The van der Waals surface area contributed by atoms with Gasteiger partial charge in [0, 0.05) is 34.2 Å². The second-order valence-corrected chi connectivity index (χ2v) is 7.53. The molecule has 4 nitrogen and oxygen atoms in total. The van der Waals surface area contributed by atoms with Gasteiger partial charge < -0.3 is 9.88 Å². The maximum atomic E-state index is 12.2. The minimum absolute atomic E-state index is 0.0155. The van der Waals surface area contributed by atoms with Gasteiger partial charge in [0.25, 0.3) is 0 Å². The molecule has 1 aromatic heterocycles. The Hall–Kier alpha value is -2.40. The number of rotatable bonds is 4. The molecule has 2 heterocycles. The summed E-state index contributed by atoms with van der Waals surface area (Å²) in [6, 6.07) is 15.7. The minimum atomic E-state index is -0.0155. The molecule has 0 unspecified atom stereocenters. The topological polar surface area (TPSA) is 46.9 Å². The number of hydrogen-bond donors (Lipinski definition) is 1. The van der Waals surface area contributed by atoms with Gasteiger partial charge in [0.05, 0.1) is 6.42 Å². The normalized spacial score (nSPS) is 13.3. The van der Waals surface area contributed by atoms with Crippen molar-refractivity contribution in [2.75, 3.05) is 5.32 Å². The van der Waals surface area contributed by atoms with Crippen LogP contribution in [-0.2, 0) is 24.2 Å². The van der Waals surface area contributed by atoms with Crippen molar-refractivity contribution in [1.29, 1.82) is 0 Å². The van der Waals surface area contributed by atoms with Gasteiger partial charge >= 0.3 is 0 Å². The van der Waals surface area contributed by atoms with Crippen LogP contribution in [0.3, 0.4) is 0 Å². The molecule has 5 heteroatoms. The molecule has 132 valence electrons. The van der Waals surface area contributed by atoms with E-state index in [1.807, 2.05) is 54.7 Å². The minimum Gasteiger partial charge on any atom is -0.328 e. The number of hydrogen-bond acceptors (Lipinski definition) is 2. The highest BCUT2D eigenvalue weighted by Gasteiger charge is 2.15. The number of anilines is 1. The van der Waals surface area contributed by atoms with Crippen LogP contribution < -0.4 is 5.32 Å². The van der Waals surface area contributed by atoms with Crippen LogP contribution in [0.15, 0.2) is 59.2 Å². The third-order valence-electron chi connectivity index (χ3n) is 4.71. The predicted octanol–water partition coefficient (Wildman–Crippen LogP) is 4.83.